The molecule has 19 heavy (non-hydrogen) atoms. The lowest BCUT2D eigenvalue weighted by Gasteiger charge is -2.34. The van der Waals surface area contributed by atoms with Gasteiger partial charge in [0.1, 0.15) is 0 Å². The van der Waals surface area contributed by atoms with Gasteiger partial charge in [0.25, 0.3) is 0 Å². The molecule has 0 heterocycles. The van der Waals surface area contributed by atoms with Crippen LogP contribution in [0.5, 0.6) is 0 Å². The van der Waals surface area contributed by atoms with E-state index in [1.807, 2.05) is 11.9 Å². The van der Waals surface area contributed by atoms with Gasteiger partial charge in [-0.15, -0.1) is 0 Å². The first-order valence-corrected chi connectivity index (χ1v) is 8.03. The van der Waals surface area contributed by atoms with Crippen LogP contribution in [0, 0.1) is 5.92 Å². The normalized spacial score (nSPS) is 23.6. The monoisotopic (exact) mass is 268 g/mol. The maximum Gasteiger partial charge on any atom is 0.222 e. The summed E-state index contributed by atoms with van der Waals surface area (Å²) in [4.78, 5) is 14.2. The fourth-order valence-electron chi connectivity index (χ4n) is 2.95. The molecule has 0 bridgehead atoms. The quantitative estimate of drug-likeness (QED) is 0.719. The number of nitrogens with one attached hydrogen (secondary N) is 1. The molecule has 0 atom stereocenters. The molecule has 1 N–H and O–H groups in total. The Hall–Kier alpha value is -0.570. The van der Waals surface area contributed by atoms with Crippen LogP contribution in [-0.4, -0.2) is 36.5 Å². The summed E-state index contributed by atoms with van der Waals surface area (Å²) in [6.07, 6.45) is 7.93. The van der Waals surface area contributed by atoms with Crippen LogP contribution in [0.4, 0.5) is 0 Å². The molecule has 1 fully saturated rings. The first-order valence-electron chi connectivity index (χ1n) is 8.03. The van der Waals surface area contributed by atoms with Gasteiger partial charge < -0.3 is 10.2 Å². The summed E-state index contributed by atoms with van der Waals surface area (Å²) >= 11 is 0. The van der Waals surface area contributed by atoms with Gasteiger partial charge in [0.2, 0.25) is 5.91 Å². The maximum atomic E-state index is 12.1. The highest BCUT2D eigenvalue weighted by Gasteiger charge is 2.25. The number of nitrogens with zero attached hydrogens (tertiary/aromatic N) is 1. The molecule has 1 amide bonds. The molecule has 3 heteroatoms. The van der Waals surface area contributed by atoms with Gasteiger partial charge in [-0.3, -0.25) is 4.79 Å². The summed E-state index contributed by atoms with van der Waals surface area (Å²) < 4.78 is 0. The van der Waals surface area contributed by atoms with Gasteiger partial charge in [-0.25, -0.2) is 0 Å². The number of amides is 1. The highest BCUT2D eigenvalue weighted by Crippen LogP contribution is 2.29. The fraction of sp³-hybridized carbons (Fsp3) is 0.938. The average Bonchev–Trinajstić information content (AvgIpc) is 2.42. The molecule has 112 valence electrons. The van der Waals surface area contributed by atoms with E-state index in [0.29, 0.717) is 24.4 Å². The maximum absolute atomic E-state index is 12.1. The largest absolute Gasteiger partial charge is 0.343 e. The lowest BCUT2D eigenvalue weighted by atomic mass is 9.84. The van der Waals surface area contributed by atoms with Crippen molar-refractivity contribution in [3.63, 3.8) is 0 Å². The second-order valence-corrected chi connectivity index (χ2v) is 6.30. The van der Waals surface area contributed by atoms with E-state index >= 15 is 0 Å². The van der Waals surface area contributed by atoms with Crippen LogP contribution in [0.15, 0.2) is 0 Å². The van der Waals surface area contributed by atoms with E-state index in [9.17, 15) is 4.79 Å². The van der Waals surface area contributed by atoms with Crippen molar-refractivity contribution >= 4 is 5.91 Å². The molecule has 3 nitrogen and oxygen atoms in total. The van der Waals surface area contributed by atoms with Gasteiger partial charge in [0, 0.05) is 25.6 Å². The Bertz CT molecular complexity index is 257. The lowest BCUT2D eigenvalue weighted by Crippen LogP contribution is -2.39. The molecule has 0 aliphatic heterocycles. The molecule has 0 unspecified atom stereocenters. The van der Waals surface area contributed by atoms with Crippen LogP contribution in [0.3, 0.4) is 0 Å². The fourth-order valence-corrected chi connectivity index (χ4v) is 2.95. The minimum absolute atomic E-state index is 0.325. The van der Waals surface area contributed by atoms with E-state index in [1.54, 1.807) is 0 Å². The number of carbonyl (C=O) groups is 1. The topological polar surface area (TPSA) is 32.3 Å². The molecule has 0 saturated heterocycles. The second-order valence-electron chi connectivity index (χ2n) is 6.30. The standard InChI is InChI=1S/C16H32N2O/c1-5-14-8-10-15(11-9-14)18(4)16(19)7-6-12-17-13(2)3/h13-15,17H,5-12H2,1-4H3. The molecular formula is C16H32N2O. The smallest absolute Gasteiger partial charge is 0.222 e. The first kappa shape index (κ1) is 16.5. The van der Waals surface area contributed by atoms with Crippen molar-refractivity contribution < 1.29 is 4.79 Å². The van der Waals surface area contributed by atoms with E-state index in [1.165, 1.54) is 32.1 Å². The summed E-state index contributed by atoms with van der Waals surface area (Å²) in [5.74, 6) is 1.22. The molecule has 1 aliphatic rings. The van der Waals surface area contributed by atoms with Crippen molar-refractivity contribution in [2.45, 2.75) is 77.8 Å². The molecule has 1 aliphatic carbocycles. The predicted octanol–water partition coefficient (Wildman–Crippen LogP) is 3.19. The van der Waals surface area contributed by atoms with E-state index in [0.717, 1.165) is 18.9 Å². The Labute approximate surface area is 119 Å². The Kier molecular flexibility index (Phi) is 7.44. The Balaban J connectivity index is 2.21. The Morgan fingerprint density at radius 1 is 1.26 bits per heavy atom. The van der Waals surface area contributed by atoms with Crippen molar-refractivity contribution in [3.05, 3.63) is 0 Å². The van der Waals surface area contributed by atoms with Crippen LogP contribution in [0.1, 0.15) is 65.7 Å². The third-order valence-electron chi connectivity index (χ3n) is 4.45. The van der Waals surface area contributed by atoms with E-state index < -0.39 is 0 Å². The number of carbonyl (C=O) groups excluding carboxylic acids is 1. The summed E-state index contributed by atoms with van der Waals surface area (Å²) in [6, 6.07) is 1.01. The molecule has 1 saturated carbocycles. The van der Waals surface area contributed by atoms with Crippen molar-refractivity contribution in [1.82, 2.24) is 10.2 Å². The zero-order valence-corrected chi connectivity index (χ0v) is 13.2. The van der Waals surface area contributed by atoms with Crippen molar-refractivity contribution in [2.75, 3.05) is 13.6 Å². The van der Waals surface area contributed by atoms with E-state index in [2.05, 4.69) is 26.1 Å². The summed E-state index contributed by atoms with van der Waals surface area (Å²) in [5.41, 5.74) is 0. The molecule has 0 radical (unpaired) electrons. The van der Waals surface area contributed by atoms with Crippen LogP contribution in [0.2, 0.25) is 0 Å². The minimum Gasteiger partial charge on any atom is -0.343 e. The van der Waals surface area contributed by atoms with Crippen LogP contribution in [-0.2, 0) is 4.79 Å². The van der Waals surface area contributed by atoms with E-state index in [-0.39, 0.29) is 0 Å². The summed E-state index contributed by atoms with van der Waals surface area (Å²) in [5, 5.41) is 3.36. The Morgan fingerprint density at radius 2 is 1.89 bits per heavy atom. The van der Waals surface area contributed by atoms with Gasteiger partial charge in [-0.2, -0.15) is 0 Å². The number of hydrogen-bond acceptors (Lipinski definition) is 2. The number of rotatable bonds is 7. The summed E-state index contributed by atoms with van der Waals surface area (Å²) in [6.45, 7) is 7.50. The zero-order valence-electron chi connectivity index (χ0n) is 13.2. The van der Waals surface area contributed by atoms with Gasteiger partial charge in [-0.05, 0) is 44.6 Å². The van der Waals surface area contributed by atoms with Gasteiger partial charge in [-0.1, -0.05) is 27.2 Å². The van der Waals surface area contributed by atoms with E-state index in [4.69, 9.17) is 0 Å². The third-order valence-corrected chi connectivity index (χ3v) is 4.45. The van der Waals surface area contributed by atoms with Crippen molar-refractivity contribution in [1.29, 1.82) is 0 Å². The second kappa shape index (κ2) is 8.57. The van der Waals surface area contributed by atoms with Crippen LogP contribution >= 0.6 is 0 Å². The molecule has 1 rings (SSSR count). The van der Waals surface area contributed by atoms with Gasteiger partial charge in [0.15, 0.2) is 0 Å². The highest BCUT2D eigenvalue weighted by molar-refractivity contribution is 5.76. The van der Waals surface area contributed by atoms with Crippen LogP contribution < -0.4 is 5.32 Å². The Morgan fingerprint density at radius 3 is 2.42 bits per heavy atom. The minimum atomic E-state index is 0.325. The number of hydrogen-bond donors (Lipinski definition) is 1. The SMILES string of the molecule is CCC1CCC(N(C)C(=O)CCCNC(C)C)CC1. The van der Waals surface area contributed by atoms with Gasteiger partial charge >= 0.3 is 0 Å². The third kappa shape index (κ3) is 5.94. The molecule has 0 aromatic heterocycles. The lowest BCUT2D eigenvalue weighted by molar-refractivity contribution is -0.132. The molecule has 0 aromatic carbocycles. The molecular weight excluding hydrogens is 236 g/mol. The highest BCUT2D eigenvalue weighted by atomic mass is 16.2. The van der Waals surface area contributed by atoms with Crippen molar-refractivity contribution in [2.24, 2.45) is 5.92 Å². The summed E-state index contributed by atoms with van der Waals surface area (Å²) in [7, 11) is 2.00. The van der Waals surface area contributed by atoms with Gasteiger partial charge in [0.05, 0.1) is 0 Å². The van der Waals surface area contributed by atoms with Crippen LogP contribution in [0.25, 0.3) is 0 Å². The molecule has 0 aromatic rings. The zero-order chi connectivity index (χ0) is 14.3. The first-order chi connectivity index (χ1) is 9.04. The average molecular weight is 268 g/mol. The molecule has 0 spiro atoms. The predicted molar refractivity (Wildman–Crippen MR) is 81.2 cm³/mol. The van der Waals surface area contributed by atoms with Crippen molar-refractivity contribution in [3.8, 4) is 0 Å².